The molecule has 0 fully saturated rings. The van der Waals surface area contributed by atoms with E-state index in [2.05, 4.69) is 72.6 Å². The summed E-state index contributed by atoms with van der Waals surface area (Å²) in [6.07, 6.45) is 2.64. The highest BCUT2D eigenvalue weighted by Gasteiger charge is 2.28. The second-order valence-corrected chi connectivity index (χ2v) is 8.88. The molecular weight excluding hydrogens is 398 g/mol. The van der Waals surface area contributed by atoms with Gasteiger partial charge in [-0.05, 0) is 49.9 Å². The van der Waals surface area contributed by atoms with E-state index in [9.17, 15) is 0 Å². The van der Waals surface area contributed by atoms with E-state index in [1.807, 2.05) is 19.1 Å². The minimum Gasteiger partial charge on any atom is -0.475 e. The number of ether oxygens (including phenoxy) is 1. The second kappa shape index (κ2) is 9.09. The van der Waals surface area contributed by atoms with Gasteiger partial charge in [-0.25, -0.2) is 20.8 Å². The molecule has 6 nitrogen and oxygen atoms in total. The number of benzene rings is 2. The Hall–Kier alpha value is -3.25. The predicted molar refractivity (Wildman–Crippen MR) is 130 cm³/mol. The highest BCUT2D eigenvalue weighted by atomic mass is 16.5. The van der Waals surface area contributed by atoms with Gasteiger partial charge in [0, 0.05) is 23.2 Å². The fourth-order valence-corrected chi connectivity index (χ4v) is 4.05. The van der Waals surface area contributed by atoms with Gasteiger partial charge in [-0.15, -0.1) is 0 Å². The Kier molecular flexibility index (Phi) is 6.24. The number of nitrogens with zero attached hydrogens (tertiary/aromatic N) is 3. The molecule has 6 heteroatoms. The van der Waals surface area contributed by atoms with E-state index in [1.54, 1.807) is 0 Å². The first-order chi connectivity index (χ1) is 15.4. The maximum absolute atomic E-state index is 5.91. The van der Waals surface area contributed by atoms with E-state index < -0.39 is 0 Å². The first kappa shape index (κ1) is 22.0. The van der Waals surface area contributed by atoms with Crippen LogP contribution in [-0.4, -0.2) is 28.0 Å². The number of aromatic nitrogens is 2. The number of nitrogens with two attached hydrogens (primary N) is 1. The number of aliphatic imine (C=N–C) groups is 1. The minimum absolute atomic E-state index is 0.187. The van der Waals surface area contributed by atoms with Gasteiger partial charge in [0.1, 0.15) is 18.2 Å². The maximum Gasteiger partial charge on any atom is 0.217 e. The molecule has 0 radical (unpaired) electrons. The predicted octanol–water partition coefficient (Wildman–Crippen LogP) is 4.84. The molecule has 0 atom stereocenters. The summed E-state index contributed by atoms with van der Waals surface area (Å²) >= 11 is 0. The standard InChI is InChI=1S/C26H31N5O/c1-5-8-23-22(24(31-27)29-17(2)28-23)15-18-11-13-19(14-12-18)20-9-6-7-10-21(20)25-30-26(3,4)16-32-25/h6-7,9-14H,5,8,15-16,27H2,1-4H3,(H,28,29,31). The van der Waals surface area contributed by atoms with Gasteiger partial charge >= 0.3 is 0 Å². The summed E-state index contributed by atoms with van der Waals surface area (Å²) in [4.78, 5) is 13.9. The molecule has 0 amide bonds. The molecule has 0 bridgehead atoms. The van der Waals surface area contributed by atoms with E-state index in [-0.39, 0.29) is 5.54 Å². The quantitative estimate of drug-likeness (QED) is 0.415. The first-order valence-corrected chi connectivity index (χ1v) is 11.1. The van der Waals surface area contributed by atoms with E-state index in [0.29, 0.717) is 18.3 Å². The molecule has 0 saturated heterocycles. The first-order valence-electron chi connectivity index (χ1n) is 11.1. The molecule has 1 aromatic heterocycles. The van der Waals surface area contributed by atoms with Gasteiger partial charge in [-0.2, -0.15) is 0 Å². The summed E-state index contributed by atoms with van der Waals surface area (Å²) < 4.78 is 5.91. The van der Waals surface area contributed by atoms with E-state index in [4.69, 9.17) is 15.6 Å². The third kappa shape index (κ3) is 4.65. The summed E-state index contributed by atoms with van der Waals surface area (Å²) in [5.41, 5.74) is 9.14. The zero-order chi connectivity index (χ0) is 22.7. The number of rotatable bonds is 7. The molecule has 166 valence electrons. The Bertz CT molecular complexity index is 1140. The van der Waals surface area contributed by atoms with Gasteiger partial charge in [0.15, 0.2) is 0 Å². The minimum atomic E-state index is -0.187. The smallest absolute Gasteiger partial charge is 0.217 e. The zero-order valence-corrected chi connectivity index (χ0v) is 19.3. The van der Waals surface area contributed by atoms with Gasteiger partial charge < -0.3 is 10.2 Å². The number of nitrogen functional groups attached to an aromatic ring is 1. The molecular formula is C26H31N5O. The summed E-state index contributed by atoms with van der Waals surface area (Å²) in [6, 6.07) is 16.9. The van der Waals surface area contributed by atoms with Crippen molar-refractivity contribution < 1.29 is 4.74 Å². The molecule has 2 aromatic carbocycles. The van der Waals surface area contributed by atoms with Crippen LogP contribution in [0.2, 0.25) is 0 Å². The van der Waals surface area contributed by atoms with E-state index >= 15 is 0 Å². The van der Waals surface area contributed by atoms with Crippen LogP contribution in [-0.2, 0) is 17.6 Å². The van der Waals surface area contributed by atoms with E-state index in [1.165, 1.54) is 5.56 Å². The van der Waals surface area contributed by atoms with Crippen LogP contribution in [0.25, 0.3) is 11.1 Å². The van der Waals surface area contributed by atoms with Crippen LogP contribution in [0.3, 0.4) is 0 Å². The zero-order valence-electron chi connectivity index (χ0n) is 19.3. The monoisotopic (exact) mass is 429 g/mol. The van der Waals surface area contributed by atoms with Crippen molar-refractivity contribution in [3.63, 3.8) is 0 Å². The van der Waals surface area contributed by atoms with Gasteiger partial charge in [-0.3, -0.25) is 0 Å². The number of anilines is 1. The van der Waals surface area contributed by atoms with Crippen molar-refractivity contribution in [1.29, 1.82) is 0 Å². The number of hydrazine groups is 1. The van der Waals surface area contributed by atoms with Crippen LogP contribution < -0.4 is 11.3 Å². The van der Waals surface area contributed by atoms with Gasteiger partial charge in [0.25, 0.3) is 0 Å². The summed E-state index contributed by atoms with van der Waals surface area (Å²) in [5, 5.41) is 0. The third-order valence-corrected chi connectivity index (χ3v) is 5.60. The van der Waals surface area contributed by atoms with Crippen LogP contribution in [0.4, 0.5) is 5.82 Å². The summed E-state index contributed by atoms with van der Waals surface area (Å²) in [5.74, 6) is 7.92. The number of hydrogen-bond donors (Lipinski definition) is 2. The van der Waals surface area contributed by atoms with Gasteiger partial charge in [-0.1, -0.05) is 55.8 Å². The Morgan fingerprint density at radius 3 is 2.38 bits per heavy atom. The Morgan fingerprint density at radius 1 is 1.03 bits per heavy atom. The average molecular weight is 430 g/mol. The Labute approximate surface area is 189 Å². The average Bonchev–Trinajstić information content (AvgIpc) is 3.15. The lowest BCUT2D eigenvalue weighted by atomic mass is 9.96. The normalized spacial score (nSPS) is 14.7. The van der Waals surface area contributed by atoms with Crippen molar-refractivity contribution in [3.8, 4) is 11.1 Å². The van der Waals surface area contributed by atoms with E-state index in [0.717, 1.165) is 53.0 Å². The SMILES string of the molecule is CCCc1nc(C)nc(NN)c1Cc1ccc(-c2ccccc2C2=NC(C)(C)CO2)cc1. The molecule has 0 saturated carbocycles. The highest BCUT2D eigenvalue weighted by molar-refractivity contribution is 6.01. The molecule has 2 heterocycles. The van der Waals surface area contributed by atoms with Crippen LogP contribution in [0.5, 0.6) is 0 Å². The van der Waals surface area contributed by atoms with Gasteiger partial charge in [0.2, 0.25) is 5.90 Å². The molecule has 1 aliphatic heterocycles. The molecule has 0 unspecified atom stereocenters. The van der Waals surface area contributed by atoms with Crippen molar-refractivity contribution in [1.82, 2.24) is 9.97 Å². The number of nitrogens with one attached hydrogen (secondary N) is 1. The molecule has 4 rings (SSSR count). The van der Waals surface area contributed by atoms with Crippen LogP contribution in [0.1, 0.15) is 55.4 Å². The third-order valence-electron chi connectivity index (χ3n) is 5.60. The van der Waals surface area contributed by atoms with Crippen molar-refractivity contribution >= 4 is 11.7 Å². The topological polar surface area (TPSA) is 85.4 Å². The lowest BCUT2D eigenvalue weighted by molar-refractivity contribution is 0.279. The molecule has 0 spiro atoms. The fourth-order valence-electron chi connectivity index (χ4n) is 4.05. The Morgan fingerprint density at radius 2 is 1.75 bits per heavy atom. The lowest BCUT2D eigenvalue weighted by Crippen LogP contribution is -2.17. The molecule has 32 heavy (non-hydrogen) atoms. The molecule has 1 aliphatic rings. The second-order valence-electron chi connectivity index (χ2n) is 8.88. The summed E-state index contributed by atoms with van der Waals surface area (Å²) in [7, 11) is 0. The molecule has 3 aromatic rings. The Balaban J connectivity index is 1.64. The number of aryl methyl sites for hydroxylation is 2. The van der Waals surface area contributed by atoms with Crippen molar-refractivity contribution in [3.05, 3.63) is 76.7 Å². The van der Waals surface area contributed by atoms with Crippen molar-refractivity contribution in [2.45, 2.75) is 52.5 Å². The number of hydrogen-bond acceptors (Lipinski definition) is 6. The molecule has 3 N–H and O–H groups in total. The largest absolute Gasteiger partial charge is 0.475 e. The summed E-state index contributed by atoms with van der Waals surface area (Å²) in [6.45, 7) is 8.83. The highest BCUT2D eigenvalue weighted by Crippen LogP contribution is 2.30. The van der Waals surface area contributed by atoms with Gasteiger partial charge in [0.05, 0.1) is 5.54 Å². The van der Waals surface area contributed by atoms with Crippen molar-refractivity contribution in [2.75, 3.05) is 12.0 Å². The van der Waals surface area contributed by atoms with Crippen molar-refractivity contribution in [2.24, 2.45) is 10.8 Å². The maximum atomic E-state index is 5.91. The molecule has 0 aliphatic carbocycles. The lowest BCUT2D eigenvalue weighted by Gasteiger charge is -2.14. The van der Waals surface area contributed by atoms with Crippen LogP contribution in [0.15, 0.2) is 53.5 Å². The van der Waals surface area contributed by atoms with Crippen LogP contribution in [0, 0.1) is 6.92 Å². The van der Waals surface area contributed by atoms with Crippen LogP contribution >= 0.6 is 0 Å². The fraction of sp³-hybridized carbons (Fsp3) is 0.346.